The van der Waals surface area contributed by atoms with E-state index in [0.717, 1.165) is 28.1 Å². The molecule has 0 saturated heterocycles. The Morgan fingerprint density at radius 1 is 1.39 bits per heavy atom. The van der Waals surface area contributed by atoms with Crippen LogP contribution in [0.15, 0.2) is 15.9 Å². The molecule has 0 aromatic carbocycles. The normalized spacial score (nSPS) is 24.1. The van der Waals surface area contributed by atoms with Crippen LogP contribution in [0.2, 0.25) is 0 Å². The van der Waals surface area contributed by atoms with Crippen molar-refractivity contribution >= 4 is 33.0 Å². The monoisotopic (exact) mass is 328 g/mol. The van der Waals surface area contributed by atoms with Gasteiger partial charge in [-0.25, -0.2) is 0 Å². The van der Waals surface area contributed by atoms with E-state index in [-0.39, 0.29) is 5.92 Å². The van der Waals surface area contributed by atoms with Crippen molar-refractivity contribution in [3.05, 3.63) is 20.8 Å². The van der Waals surface area contributed by atoms with Crippen molar-refractivity contribution in [3.63, 3.8) is 0 Å². The Kier molecular flexibility index (Phi) is 5.43. The molecule has 0 bridgehead atoms. The average molecular weight is 329 g/mol. The van der Waals surface area contributed by atoms with Gasteiger partial charge in [-0.1, -0.05) is 26.2 Å². The van der Waals surface area contributed by atoms with Gasteiger partial charge in [0.25, 0.3) is 0 Å². The molecule has 3 heteroatoms. The van der Waals surface area contributed by atoms with Crippen LogP contribution in [0.3, 0.4) is 0 Å². The van der Waals surface area contributed by atoms with E-state index in [1.165, 1.54) is 32.1 Å². The van der Waals surface area contributed by atoms with Gasteiger partial charge in [-0.15, -0.1) is 11.3 Å². The fourth-order valence-corrected chi connectivity index (χ4v) is 4.45. The van der Waals surface area contributed by atoms with E-state index >= 15 is 0 Å². The second kappa shape index (κ2) is 6.85. The Morgan fingerprint density at radius 2 is 2.11 bits per heavy atom. The Hall–Kier alpha value is -0.150. The van der Waals surface area contributed by atoms with E-state index in [0.29, 0.717) is 5.78 Å². The molecule has 1 aliphatic carbocycles. The summed E-state index contributed by atoms with van der Waals surface area (Å²) in [5.41, 5.74) is 0. The Morgan fingerprint density at radius 3 is 2.67 bits per heavy atom. The molecular weight excluding hydrogens is 308 g/mol. The van der Waals surface area contributed by atoms with Crippen LogP contribution in [0.25, 0.3) is 0 Å². The minimum Gasteiger partial charge on any atom is -0.293 e. The van der Waals surface area contributed by atoms with Crippen LogP contribution in [-0.4, -0.2) is 5.78 Å². The second-order valence-corrected chi connectivity index (χ2v) is 7.09. The smallest absolute Gasteiger partial charge is 0.176 e. The quantitative estimate of drug-likeness (QED) is 0.634. The number of hydrogen-bond donors (Lipinski definition) is 0. The average Bonchev–Trinajstić information content (AvgIpc) is 2.82. The number of rotatable bonds is 5. The van der Waals surface area contributed by atoms with Crippen molar-refractivity contribution in [2.75, 3.05) is 0 Å². The number of thiophene rings is 1. The molecule has 0 unspecified atom stereocenters. The number of ketones is 1. The molecule has 2 rings (SSSR count). The number of hydrogen-bond acceptors (Lipinski definition) is 2. The number of carbonyl (C=O) groups excluding carboxylic acids is 1. The molecular formula is C15H21BrOS. The highest BCUT2D eigenvalue weighted by molar-refractivity contribution is 9.10. The first kappa shape index (κ1) is 14.3. The topological polar surface area (TPSA) is 17.1 Å². The number of Topliss-reactive ketones (excluding diaryl/α,β-unsaturated/α-hetero) is 1. The molecule has 1 fully saturated rings. The predicted octanol–water partition coefficient (Wildman–Crippen LogP) is 5.69. The lowest BCUT2D eigenvalue weighted by atomic mass is 9.78. The van der Waals surface area contributed by atoms with Crippen molar-refractivity contribution in [1.82, 2.24) is 0 Å². The minimum atomic E-state index is 0.276. The largest absolute Gasteiger partial charge is 0.293 e. The Balaban J connectivity index is 1.86. The lowest BCUT2D eigenvalue weighted by Gasteiger charge is -2.27. The molecule has 0 N–H and O–H groups in total. The fraction of sp³-hybridized carbons (Fsp3) is 0.667. The Bertz CT molecular complexity index is 391. The minimum absolute atomic E-state index is 0.276. The third-order valence-electron chi connectivity index (χ3n) is 4.02. The van der Waals surface area contributed by atoms with Crippen LogP contribution in [0, 0.1) is 11.8 Å². The summed E-state index contributed by atoms with van der Waals surface area (Å²) >= 11 is 5.04. The van der Waals surface area contributed by atoms with Gasteiger partial charge >= 0.3 is 0 Å². The van der Waals surface area contributed by atoms with E-state index in [9.17, 15) is 4.79 Å². The molecule has 1 heterocycles. The molecule has 0 radical (unpaired) electrons. The maximum atomic E-state index is 12.4. The summed E-state index contributed by atoms with van der Waals surface area (Å²) in [5.74, 6) is 1.52. The van der Waals surface area contributed by atoms with Crippen LogP contribution in [-0.2, 0) is 0 Å². The van der Waals surface area contributed by atoms with Gasteiger partial charge in [0.1, 0.15) is 0 Å². The second-order valence-electron chi connectivity index (χ2n) is 5.32. The first-order chi connectivity index (χ1) is 8.72. The Labute approximate surface area is 122 Å². The van der Waals surface area contributed by atoms with Crippen molar-refractivity contribution in [1.29, 1.82) is 0 Å². The third kappa shape index (κ3) is 3.45. The molecule has 1 aromatic rings. The fourth-order valence-electron chi connectivity index (χ4n) is 2.86. The highest BCUT2D eigenvalue weighted by Crippen LogP contribution is 2.35. The zero-order valence-corrected chi connectivity index (χ0v) is 13.4. The zero-order valence-electron chi connectivity index (χ0n) is 11.0. The third-order valence-corrected chi connectivity index (χ3v) is 5.88. The van der Waals surface area contributed by atoms with Gasteiger partial charge in [0.15, 0.2) is 5.78 Å². The summed E-state index contributed by atoms with van der Waals surface area (Å²) in [6.07, 6.45) is 8.69. The van der Waals surface area contributed by atoms with Gasteiger partial charge in [0.2, 0.25) is 0 Å². The highest BCUT2D eigenvalue weighted by Gasteiger charge is 2.28. The van der Waals surface area contributed by atoms with Crippen LogP contribution in [0.5, 0.6) is 0 Å². The molecule has 0 spiro atoms. The van der Waals surface area contributed by atoms with Crippen molar-refractivity contribution in [2.45, 2.75) is 51.9 Å². The molecule has 1 nitrogen and oxygen atoms in total. The summed E-state index contributed by atoms with van der Waals surface area (Å²) in [7, 11) is 0. The molecule has 0 amide bonds. The van der Waals surface area contributed by atoms with Gasteiger partial charge in [-0.2, -0.15) is 0 Å². The SMILES string of the molecule is CCCCC1CCC(C(=O)c2sccc2Br)CC1. The molecule has 18 heavy (non-hydrogen) atoms. The highest BCUT2D eigenvalue weighted by atomic mass is 79.9. The number of carbonyl (C=O) groups is 1. The molecule has 1 aromatic heterocycles. The molecule has 0 aliphatic heterocycles. The van der Waals surface area contributed by atoms with Crippen LogP contribution < -0.4 is 0 Å². The lowest BCUT2D eigenvalue weighted by molar-refractivity contribution is 0.0873. The van der Waals surface area contributed by atoms with E-state index < -0.39 is 0 Å². The molecule has 100 valence electrons. The predicted molar refractivity (Wildman–Crippen MR) is 81.3 cm³/mol. The zero-order chi connectivity index (χ0) is 13.0. The van der Waals surface area contributed by atoms with Crippen LogP contribution in [0.4, 0.5) is 0 Å². The van der Waals surface area contributed by atoms with Gasteiger partial charge in [0, 0.05) is 10.4 Å². The maximum absolute atomic E-state index is 12.4. The summed E-state index contributed by atoms with van der Waals surface area (Å²) in [4.78, 5) is 13.3. The summed E-state index contributed by atoms with van der Waals surface area (Å²) in [5, 5.41) is 1.99. The van der Waals surface area contributed by atoms with Crippen molar-refractivity contribution in [3.8, 4) is 0 Å². The van der Waals surface area contributed by atoms with E-state index in [1.54, 1.807) is 11.3 Å². The maximum Gasteiger partial charge on any atom is 0.176 e. The van der Waals surface area contributed by atoms with E-state index in [2.05, 4.69) is 22.9 Å². The molecule has 1 saturated carbocycles. The standard InChI is InChI=1S/C15H21BrOS/c1-2-3-4-11-5-7-12(8-6-11)14(17)15-13(16)9-10-18-15/h9-12H,2-8H2,1H3. The van der Waals surface area contributed by atoms with Crippen LogP contribution in [0.1, 0.15) is 61.5 Å². The first-order valence-corrected chi connectivity index (χ1v) is 8.66. The van der Waals surface area contributed by atoms with Crippen molar-refractivity contribution in [2.24, 2.45) is 11.8 Å². The molecule has 0 atom stereocenters. The summed E-state index contributed by atoms with van der Waals surface area (Å²) in [6, 6.07) is 1.98. The number of halogens is 1. The van der Waals surface area contributed by atoms with Crippen LogP contribution >= 0.6 is 27.3 Å². The van der Waals surface area contributed by atoms with Gasteiger partial charge in [-0.05, 0) is 59.0 Å². The molecule has 1 aliphatic rings. The van der Waals surface area contributed by atoms with E-state index in [4.69, 9.17) is 0 Å². The first-order valence-electron chi connectivity index (χ1n) is 6.99. The van der Waals surface area contributed by atoms with E-state index in [1.807, 2.05) is 11.4 Å². The summed E-state index contributed by atoms with van der Waals surface area (Å²) < 4.78 is 0.977. The lowest BCUT2D eigenvalue weighted by Crippen LogP contribution is -2.21. The van der Waals surface area contributed by atoms with Gasteiger partial charge in [-0.3, -0.25) is 4.79 Å². The van der Waals surface area contributed by atoms with Crippen molar-refractivity contribution < 1.29 is 4.79 Å². The summed E-state index contributed by atoms with van der Waals surface area (Å²) in [6.45, 7) is 2.25. The number of unbranched alkanes of at least 4 members (excludes halogenated alkanes) is 1. The van der Waals surface area contributed by atoms with Gasteiger partial charge in [0.05, 0.1) is 4.88 Å². The van der Waals surface area contributed by atoms with Gasteiger partial charge < -0.3 is 0 Å².